The summed E-state index contributed by atoms with van der Waals surface area (Å²) in [7, 11) is 1.65. The van der Waals surface area contributed by atoms with Crippen molar-refractivity contribution in [3.8, 4) is 5.75 Å². The predicted octanol–water partition coefficient (Wildman–Crippen LogP) is 5.51. The van der Waals surface area contributed by atoms with Gasteiger partial charge in [0.2, 0.25) is 0 Å². The highest BCUT2D eigenvalue weighted by Crippen LogP contribution is 2.45. The summed E-state index contributed by atoms with van der Waals surface area (Å²) >= 11 is 3.69. The molecule has 21 heavy (non-hydrogen) atoms. The third kappa shape index (κ3) is 2.54. The molecule has 106 valence electrons. The SMILES string of the molecule is C=C1CC(c2ccc(F)cc2)=C(Br)c2ccc(OC)cc21. The average molecular weight is 345 g/mol. The largest absolute Gasteiger partial charge is 0.497 e. The maximum absolute atomic E-state index is 13.1. The maximum atomic E-state index is 13.1. The van der Waals surface area contributed by atoms with E-state index in [1.54, 1.807) is 19.2 Å². The number of ether oxygens (including phenoxy) is 1. The molecule has 1 nitrogen and oxygen atoms in total. The molecule has 0 radical (unpaired) electrons. The first-order valence-electron chi connectivity index (χ1n) is 6.61. The van der Waals surface area contributed by atoms with E-state index in [1.165, 1.54) is 12.1 Å². The zero-order chi connectivity index (χ0) is 15.0. The molecular weight excluding hydrogens is 331 g/mol. The van der Waals surface area contributed by atoms with Crippen LogP contribution in [0.25, 0.3) is 15.6 Å². The summed E-state index contributed by atoms with van der Waals surface area (Å²) in [6.07, 6.45) is 0.729. The lowest BCUT2D eigenvalue weighted by Crippen LogP contribution is -2.01. The molecule has 0 atom stereocenters. The van der Waals surface area contributed by atoms with Gasteiger partial charge in [-0.3, -0.25) is 0 Å². The van der Waals surface area contributed by atoms with Gasteiger partial charge in [-0.15, -0.1) is 0 Å². The highest BCUT2D eigenvalue weighted by Gasteiger charge is 2.21. The molecule has 0 amide bonds. The van der Waals surface area contributed by atoms with E-state index >= 15 is 0 Å². The Morgan fingerprint density at radius 2 is 1.81 bits per heavy atom. The molecule has 0 saturated heterocycles. The fourth-order valence-corrected chi connectivity index (χ4v) is 3.28. The van der Waals surface area contributed by atoms with Gasteiger partial charge in [0.15, 0.2) is 0 Å². The van der Waals surface area contributed by atoms with Crippen LogP contribution in [0.15, 0.2) is 49.0 Å². The van der Waals surface area contributed by atoms with Crippen molar-refractivity contribution in [3.63, 3.8) is 0 Å². The second kappa shape index (κ2) is 5.49. The topological polar surface area (TPSA) is 9.23 Å². The molecule has 0 aromatic heterocycles. The lowest BCUT2D eigenvalue weighted by Gasteiger charge is -2.23. The van der Waals surface area contributed by atoms with Crippen LogP contribution >= 0.6 is 15.9 Å². The lowest BCUT2D eigenvalue weighted by molar-refractivity contribution is 0.414. The van der Waals surface area contributed by atoms with E-state index in [0.717, 1.165) is 44.5 Å². The van der Waals surface area contributed by atoms with Crippen molar-refractivity contribution >= 4 is 31.6 Å². The van der Waals surface area contributed by atoms with Gasteiger partial charge in [-0.1, -0.05) is 18.7 Å². The normalized spacial score (nSPS) is 14.1. The van der Waals surface area contributed by atoms with Crippen LogP contribution in [-0.4, -0.2) is 7.11 Å². The number of benzene rings is 2. The first kappa shape index (κ1) is 14.1. The Bertz CT molecular complexity index is 744. The van der Waals surface area contributed by atoms with Gasteiger partial charge in [0.25, 0.3) is 0 Å². The van der Waals surface area contributed by atoms with Gasteiger partial charge in [0.05, 0.1) is 7.11 Å². The first-order valence-corrected chi connectivity index (χ1v) is 7.40. The van der Waals surface area contributed by atoms with Gasteiger partial charge in [0.1, 0.15) is 11.6 Å². The molecule has 1 aliphatic rings. The zero-order valence-electron chi connectivity index (χ0n) is 11.6. The first-order chi connectivity index (χ1) is 10.1. The van der Waals surface area contributed by atoms with Crippen molar-refractivity contribution in [2.24, 2.45) is 0 Å². The summed E-state index contributed by atoms with van der Waals surface area (Å²) in [5.74, 6) is 0.593. The van der Waals surface area contributed by atoms with Crippen LogP contribution in [0.1, 0.15) is 23.1 Å². The summed E-state index contributed by atoms with van der Waals surface area (Å²) in [5.41, 5.74) is 5.34. The molecule has 0 N–H and O–H groups in total. The molecule has 0 spiro atoms. The second-order valence-electron chi connectivity index (χ2n) is 4.99. The van der Waals surface area contributed by atoms with E-state index in [9.17, 15) is 4.39 Å². The van der Waals surface area contributed by atoms with Crippen molar-refractivity contribution in [2.45, 2.75) is 6.42 Å². The van der Waals surface area contributed by atoms with Crippen molar-refractivity contribution in [1.82, 2.24) is 0 Å². The highest BCUT2D eigenvalue weighted by molar-refractivity contribution is 9.15. The van der Waals surface area contributed by atoms with Crippen LogP contribution in [-0.2, 0) is 0 Å². The van der Waals surface area contributed by atoms with Crippen molar-refractivity contribution in [2.75, 3.05) is 7.11 Å². The third-order valence-electron chi connectivity index (χ3n) is 3.69. The minimum Gasteiger partial charge on any atom is -0.497 e. The second-order valence-corrected chi connectivity index (χ2v) is 5.78. The number of rotatable bonds is 2. The third-order valence-corrected chi connectivity index (χ3v) is 4.60. The van der Waals surface area contributed by atoms with Gasteiger partial charge in [-0.2, -0.15) is 0 Å². The van der Waals surface area contributed by atoms with Crippen molar-refractivity contribution in [1.29, 1.82) is 0 Å². The Morgan fingerprint density at radius 3 is 2.48 bits per heavy atom. The lowest BCUT2D eigenvalue weighted by atomic mass is 9.85. The molecule has 0 unspecified atom stereocenters. The molecule has 3 rings (SSSR count). The van der Waals surface area contributed by atoms with E-state index in [0.29, 0.717) is 0 Å². The van der Waals surface area contributed by atoms with Crippen LogP contribution in [0.2, 0.25) is 0 Å². The van der Waals surface area contributed by atoms with Gasteiger partial charge in [-0.25, -0.2) is 4.39 Å². The number of methoxy groups -OCH3 is 1. The number of allylic oxidation sites excluding steroid dienone is 2. The predicted molar refractivity (Wildman–Crippen MR) is 88.8 cm³/mol. The Morgan fingerprint density at radius 1 is 1.10 bits per heavy atom. The minimum absolute atomic E-state index is 0.227. The average Bonchev–Trinajstić information content (AvgIpc) is 2.51. The Kier molecular flexibility index (Phi) is 3.68. The van der Waals surface area contributed by atoms with E-state index < -0.39 is 0 Å². The number of hydrogen-bond donors (Lipinski definition) is 0. The van der Waals surface area contributed by atoms with Gasteiger partial charge >= 0.3 is 0 Å². The van der Waals surface area contributed by atoms with E-state index in [-0.39, 0.29) is 5.82 Å². The molecule has 0 fully saturated rings. The summed E-state index contributed by atoms with van der Waals surface area (Å²) in [5, 5.41) is 0. The van der Waals surface area contributed by atoms with Crippen molar-refractivity contribution < 1.29 is 9.13 Å². The maximum Gasteiger partial charge on any atom is 0.123 e. The standard InChI is InChI=1S/C18H14BrFO/c1-11-9-17(12-3-5-13(20)6-4-12)18(19)15-8-7-14(21-2)10-16(11)15/h3-8,10H,1,9H2,2H3. The molecule has 2 aromatic rings. The quantitative estimate of drug-likeness (QED) is 0.697. The Hall–Kier alpha value is -1.87. The number of fused-ring (bicyclic) bond motifs is 1. The Balaban J connectivity index is 2.14. The summed E-state index contributed by atoms with van der Waals surface area (Å²) < 4.78 is 19.4. The Labute approximate surface area is 131 Å². The van der Waals surface area contributed by atoms with Crippen LogP contribution in [0, 0.1) is 5.82 Å². The smallest absolute Gasteiger partial charge is 0.123 e. The van der Waals surface area contributed by atoms with Gasteiger partial charge in [0, 0.05) is 4.48 Å². The summed E-state index contributed by atoms with van der Waals surface area (Å²) in [4.78, 5) is 0. The van der Waals surface area contributed by atoms with Crippen LogP contribution < -0.4 is 4.74 Å². The molecule has 2 aromatic carbocycles. The fraction of sp³-hybridized carbons (Fsp3) is 0.111. The molecule has 3 heteroatoms. The molecule has 0 bridgehead atoms. The fourth-order valence-electron chi connectivity index (χ4n) is 2.56. The summed E-state index contributed by atoms with van der Waals surface area (Å²) in [6, 6.07) is 12.5. The summed E-state index contributed by atoms with van der Waals surface area (Å²) in [6.45, 7) is 4.17. The highest BCUT2D eigenvalue weighted by atomic mass is 79.9. The number of hydrogen-bond acceptors (Lipinski definition) is 1. The molecule has 1 aliphatic carbocycles. The number of halogens is 2. The van der Waals surface area contributed by atoms with Crippen LogP contribution in [0.5, 0.6) is 5.75 Å². The minimum atomic E-state index is -0.227. The monoisotopic (exact) mass is 344 g/mol. The van der Waals surface area contributed by atoms with Crippen LogP contribution in [0.4, 0.5) is 4.39 Å². The van der Waals surface area contributed by atoms with E-state index in [2.05, 4.69) is 22.5 Å². The van der Waals surface area contributed by atoms with E-state index in [1.807, 2.05) is 18.2 Å². The van der Waals surface area contributed by atoms with E-state index in [4.69, 9.17) is 4.74 Å². The zero-order valence-corrected chi connectivity index (χ0v) is 13.2. The molecular formula is C18H14BrFO. The van der Waals surface area contributed by atoms with Gasteiger partial charge in [-0.05, 0) is 80.5 Å². The molecule has 0 aliphatic heterocycles. The molecule has 0 saturated carbocycles. The molecule has 0 heterocycles. The van der Waals surface area contributed by atoms with Crippen LogP contribution in [0.3, 0.4) is 0 Å². The van der Waals surface area contributed by atoms with Crippen molar-refractivity contribution in [3.05, 3.63) is 71.6 Å². The van der Waals surface area contributed by atoms with Gasteiger partial charge < -0.3 is 4.74 Å².